The third kappa shape index (κ3) is 1.99. The molecule has 1 aliphatic rings. The summed E-state index contributed by atoms with van der Waals surface area (Å²) in [5.41, 5.74) is 2.19. The van der Waals surface area contributed by atoms with Crippen molar-refractivity contribution in [2.45, 2.75) is 38.5 Å². The van der Waals surface area contributed by atoms with E-state index >= 15 is 0 Å². The summed E-state index contributed by atoms with van der Waals surface area (Å²) in [4.78, 5) is 8.43. The Hall–Kier alpha value is -0.630. The molecule has 13 heavy (non-hydrogen) atoms. The van der Waals surface area contributed by atoms with E-state index < -0.39 is 0 Å². The number of rotatable bonds is 2. The first-order valence-corrected chi connectivity index (χ1v) is 5.09. The molecule has 0 N–H and O–H groups in total. The molecule has 0 aromatic carbocycles. The first kappa shape index (κ1) is 8.95. The molecule has 3 heteroatoms. The SMILES string of the molecule is CC(C)c1cc(C2CC2)nc(Cl)n1. The average molecular weight is 197 g/mol. The van der Waals surface area contributed by atoms with Crippen LogP contribution in [0, 0.1) is 0 Å². The highest BCUT2D eigenvalue weighted by atomic mass is 35.5. The molecule has 0 radical (unpaired) electrons. The lowest BCUT2D eigenvalue weighted by atomic mass is 10.1. The van der Waals surface area contributed by atoms with Crippen LogP contribution in [0.5, 0.6) is 0 Å². The molecule has 1 aromatic rings. The molecule has 0 spiro atoms. The lowest BCUT2D eigenvalue weighted by molar-refractivity contribution is 0.801. The Balaban J connectivity index is 2.36. The van der Waals surface area contributed by atoms with Gasteiger partial charge in [0.2, 0.25) is 5.28 Å². The van der Waals surface area contributed by atoms with Crippen molar-refractivity contribution < 1.29 is 0 Å². The Morgan fingerprint density at radius 1 is 1.38 bits per heavy atom. The van der Waals surface area contributed by atoms with Gasteiger partial charge in [-0.2, -0.15) is 0 Å². The zero-order chi connectivity index (χ0) is 9.42. The van der Waals surface area contributed by atoms with Gasteiger partial charge in [0, 0.05) is 17.3 Å². The van der Waals surface area contributed by atoms with Crippen LogP contribution in [0.15, 0.2) is 6.07 Å². The monoisotopic (exact) mass is 196 g/mol. The Labute approximate surface area is 83.4 Å². The molecule has 1 heterocycles. The van der Waals surface area contributed by atoms with Gasteiger partial charge in [-0.05, 0) is 36.4 Å². The predicted molar refractivity (Wildman–Crippen MR) is 53.1 cm³/mol. The molecule has 1 fully saturated rings. The minimum Gasteiger partial charge on any atom is -0.223 e. The second-order valence-corrected chi connectivity index (χ2v) is 4.25. The van der Waals surface area contributed by atoms with Crippen molar-refractivity contribution in [3.8, 4) is 0 Å². The molecule has 1 aliphatic carbocycles. The normalized spacial score (nSPS) is 16.6. The summed E-state index contributed by atoms with van der Waals surface area (Å²) < 4.78 is 0. The van der Waals surface area contributed by atoms with Crippen LogP contribution < -0.4 is 0 Å². The fraction of sp³-hybridized carbons (Fsp3) is 0.600. The molecule has 1 aromatic heterocycles. The predicted octanol–water partition coefficient (Wildman–Crippen LogP) is 3.13. The van der Waals surface area contributed by atoms with Crippen LogP contribution in [0.3, 0.4) is 0 Å². The van der Waals surface area contributed by atoms with Crippen molar-refractivity contribution >= 4 is 11.6 Å². The lowest BCUT2D eigenvalue weighted by Gasteiger charge is -2.06. The minimum atomic E-state index is 0.396. The topological polar surface area (TPSA) is 25.8 Å². The van der Waals surface area contributed by atoms with Gasteiger partial charge in [0.05, 0.1) is 0 Å². The van der Waals surface area contributed by atoms with Crippen LogP contribution >= 0.6 is 11.6 Å². The number of hydrogen-bond donors (Lipinski definition) is 0. The summed E-state index contributed by atoms with van der Waals surface area (Å²) >= 11 is 5.84. The van der Waals surface area contributed by atoms with Gasteiger partial charge in [-0.15, -0.1) is 0 Å². The highest BCUT2D eigenvalue weighted by Gasteiger charge is 2.26. The molecule has 1 saturated carbocycles. The minimum absolute atomic E-state index is 0.396. The Morgan fingerprint density at radius 3 is 2.62 bits per heavy atom. The highest BCUT2D eigenvalue weighted by molar-refractivity contribution is 6.28. The van der Waals surface area contributed by atoms with Gasteiger partial charge in [-0.1, -0.05) is 13.8 Å². The van der Waals surface area contributed by atoms with E-state index in [0.29, 0.717) is 17.1 Å². The lowest BCUT2D eigenvalue weighted by Crippen LogP contribution is -1.98. The van der Waals surface area contributed by atoms with Crippen LogP contribution in [0.4, 0.5) is 0 Å². The van der Waals surface area contributed by atoms with Crippen LogP contribution in [0.25, 0.3) is 0 Å². The average Bonchev–Trinajstić information content (AvgIpc) is 2.85. The molecule has 0 atom stereocenters. The van der Waals surface area contributed by atoms with Crippen molar-refractivity contribution in [1.29, 1.82) is 0 Å². The molecule has 0 unspecified atom stereocenters. The van der Waals surface area contributed by atoms with E-state index in [1.54, 1.807) is 0 Å². The van der Waals surface area contributed by atoms with Crippen molar-refractivity contribution in [1.82, 2.24) is 9.97 Å². The van der Waals surface area contributed by atoms with Crippen molar-refractivity contribution in [2.24, 2.45) is 0 Å². The first-order valence-electron chi connectivity index (χ1n) is 4.71. The molecule has 2 rings (SSSR count). The van der Waals surface area contributed by atoms with Crippen LogP contribution in [0.2, 0.25) is 5.28 Å². The van der Waals surface area contributed by atoms with Gasteiger partial charge < -0.3 is 0 Å². The van der Waals surface area contributed by atoms with E-state index in [-0.39, 0.29) is 0 Å². The maximum absolute atomic E-state index is 5.84. The Morgan fingerprint density at radius 2 is 2.08 bits per heavy atom. The first-order chi connectivity index (χ1) is 6.16. The maximum atomic E-state index is 5.84. The summed E-state index contributed by atoms with van der Waals surface area (Å²) in [7, 11) is 0. The standard InChI is InChI=1S/C10H13ClN2/c1-6(2)8-5-9(7-3-4-7)13-10(11)12-8/h5-7H,3-4H2,1-2H3. The van der Waals surface area contributed by atoms with E-state index in [2.05, 4.69) is 29.9 Å². The van der Waals surface area contributed by atoms with E-state index in [0.717, 1.165) is 11.4 Å². The quantitative estimate of drug-likeness (QED) is 0.680. The van der Waals surface area contributed by atoms with Gasteiger partial charge in [0.1, 0.15) is 0 Å². The second kappa shape index (κ2) is 3.26. The third-order valence-electron chi connectivity index (χ3n) is 2.33. The maximum Gasteiger partial charge on any atom is 0.222 e. The van der Waals surface area contributed by atoms with Gasteiger partial charge in [0.15, 0.2) is 0 Å². The van der Waals surface area contributed by atoms with Gasteiger partial charge in [-0.3, -0.25) is 0 Å². The van der Waals surface area contributed by atoms with E-state index in [4.69, 9.17) is 11.6 Å². The van der Waals surface area contributed by atoms with Crippen LogP contribution in [0.1, 0.15) is 49.9 Å². The van der Waals surface area contributed by atoms with Crippen LogP contribution in [-0.2, 0) is 0 Å². The van der Waals surface area contributed by atoms with Crippen molar-refractivity contribution in [3.05, 3.63) is 22.7 Å². The van der Waals surface area contributed by atoms with E-state index in [9.17, 15) is 0 Å². The Kier molecular flexibility index (Phi) is 2.24. The molecule has 70 valence electrons. The zero-order valence-corrected chi connectivity index (χ0v) is 8.67. The third-order valence-corrected chi connectivity index (χ3v) is 2.49. The van der Waals surface area contributed by atoms with Gasteiger partial charge in [-0.25, -0.2) is 9.97 Å². The molecular weight excluding hydrogens is 184 g/mol. The van der Waals surface area contributed by atoms with Gasteiger partial charge >= 0.3 is 0 Å². The number of hydrogen-bond acceptors (Lipinski definition) is 2. The Bertz CT molecular complexity index is 298. The molecule has 2 nitrogen and oxygen atoms in total. The summed E-state index contributed by atoms with van der Waals surface area (Å²) in [6, 6.07) is 2.09. The number of aromatic nitrogens is 2. The van der Waals surface area contributed by atoms with E-state index in [1.807, 2.05) is 0 Å². The summed E-state index contributed by atoms with van der Waals surface area (Å²) in [6.45, 7) is 4.24. The second-order valence-electron chi connectivity index (χ2n) is 3.92. The molecule has 0 aliphatic heterocycles. The molecule has 0 bridgehead atoms. The van der Waals surface area contributed by atoms with Gasteiger partial charge in [0.25, 0.3) is 0 Å². The number of nitrogens with zero attached hydrogens (tertiary/aromatic N) is 2. The zero-order valence-electron chi connectivity index (χ0n) is 7.92. The smallest absolute Gasteiger partial charge is 0.222 e. The summed E-state index contributed by atoms with van der Waals surface area (Å²) in [5, 5.41) is 0.396. The number of halogens is 1. The van der Waals surface area contributed by atoms with Crippen LogP contribution in [-0.4, -0.2) is 9.97 Å². The summed E-state index contributed by atoms with van der Waals surface area (Å²) in [5.74, 6) is 1.08. The summed E-state index contributed by atoms with van der Waals surface area (Å²) in [6.07, 6.45) is 2.51. The van der Waals surface area contributed by atoms with Crippen molar-refractivity contribution in [2.75, 3.05) is 0 Å². The van der Waals surface area contributed by atoms with Crippen molar-refractivity contribution in [3.63, 3.8) is 0 Å². The molecule has 0 saturated heterocycles. The molecule has 0 amide bonds. The molecular formula is C10H13ClN2. The highest BCUT2D eigenvalue weighted by Crippen LogP contribution is 2.39. The van der Waals surface area contributed by atoms with E-state index in [1.165, 1.54) is 12.8 Å². The largest absolute Gasteiger partial charge is 0.223 e. The fourth-order valence-corrected chi connectivity index (χ4v) is 1.53. The fourth-order valence-electron chi connectivity index (χ4n) is 1.34.